The number of benzene rings is 1. The molecule has 0 aliphatic heterocycles. The molecule has 1 aliphatic carbocycles. The van der Waals surface area contributed by atoms with Gasteiger partial charge in [-0.1, -0.05) is 18.2 Å². The predicted octanol–water partition coefficient (Wildman–Crippen LogP) is 2.35. The zero-order chi connectivity index (χ0) is 12.5. The molecule has 1 unspecified atom stereocenters. The van der Waals surface area contributed by atoms with Crippen molar-refractivity contribution in [3.05, 3.63) is 34.9 Å². The molecule has 0 saturated heterocycles. The average Bonchev–Trinajstić information content (AvgIpc) is 3.05. The lowest BCUT2D eigenvalue weighted by Crippen LogP contribution is -2.40. The molecule has 0 aromatic heterocycles. The van der Waals surface area contributed by atoms with E-state index >= 15 is 0 Å². The Bertz CT molecular complexity index is 374. The van der Waals surface area contributed by atoms with Crippen molar-refractivity contribution in [2.24, 2.45) is 0 Å². The first-order valence-electron chi connectivity index (χ1n) is 6.49. The Balaban J connectivity index is 2.02. The molecule has 0 radical (unpaired) electrons. The van der Waals surface area contributed by atoms with Gasteiger partial charge >= 0.3 is 0 Å². The largest absolute Gasteiger partial charge is 0.389 e. The van der Waals surface area contributed by atoms with Gasteiger partial charge in [-0.15, -0.1) is 0 Å². The molecule has 1 aromatic carbocycles. The molecule has 0 amide bonds. The predicted molar refractivity (Wildman–Crippen MR) is 71.3 cm³/mol. The van der Waals surface area contributed by atoms with E-state index in [9.17, 15) is 5.11 Å². The zero-order valence-corrected chi connectivity index (χ0v) is 11.1. The Morgan fingerprint density at radius 2 is 1.88 bits per heavy atom. The van der Waals surface area contributed by atoms with Gasteiger partial charge in [0, 0.05) is 19.0 Å². The molecule has 1 fully saturated rings. The highest BCUT2D eigenvalue weighted by Gasteiger charge is 2.27. The Labute approximate surface area is 104 Å². The molecule has 1 saturated carbocycles. The molecule has 0 spiro atoms. The molecular weight excluding hydrogens is 210 g/mol. The Morgan fingerprint density at radius 3 is 2.41 bits per heavy atom. The number of hydrogen-bond acceptors (Lipinski definition) is 2. The maximum atomic E-state index is 10.4. The summed E-state index contributed by atoms with van der Waals surface area (Å²) in [5.74, 6) is 0. The van der Waals surface area contributed by atoms with Gasteiger partial charge in [-0.2, -0.15) is 0 Å². The lowest BCUT2D eigenvalue weighted by molar-refractivity contribution is 0.0594. The van der Waals surface area contributed by atoms with Gasteiger partial charge in [-0.25, -0.2) is 0 Å². The van der Waals surface area contributed by atoms with Crippen molar-refractivity contribution >= 4 is 0 Å². The minimum absolute atomic E-state index is 0.652. The van der Waals surface area contributed by atoms with Gasteiger partial charge in [-0.3, -0.25) is 0 Å². The zero-order valence-electron chi connectivity index (χ0n) is 11.1. The number of aliphatic hydroxyl groups is 1. The average molecular weight is 233 g/mol. The highest BCUT2D eigenvalue weighted by atomic mass is 16.3. The molecule has 1 atom stereocenters. The second-order valence-corrected chi connectivity index (χ2v) is 5.70. The summed E-state index contributed by atoms with van der Waals surface area (Å²) in [6.07, 6.45) is 3.25. The van der Waals surface area contributed by atoms with E-state index < -0.39 is 5.60 Å². The van der Waals surface area contributed by atoms with Gasteiger partial charge in [0.05, 0.1) is 5.60 Å². The van der Waals surface area contributed by atoms with Crippen molar-refractivity contribution in [3.63, 3.8) is 0 Å². The SMILES string of the molecule is Cc1cccc(C)c1CC(C)(O)CNC1CC1. The first-order valence-corrected chi connectivity index (χ1v) is 6.49. The summed E-state index contributed by atoms with van der Waals surface area (Å²) in [7, 11) is 0. The third-order valence-corrected chi connectivity index (χ3v) is 3.55. The van der Waals surface area contributed by atoms with Crippen LogP contribution >= 0.6 is 0 Å². The van der Waals surface area contributed by atoms with Gasteiger partial charge in [0.25, 0.3) is 0 Å². The van der Waals surface area contributed by atoms with E-state index in [4.69, 9.17) is 0 Å². The molecule has 94 valence electrons. The standard InChI is InChI=1S/C15H23NO/c1-11-5-4-6-12(2)14(11)9-15(3,17)10-16-13-7-8-13/h4-6,13,16-17H,7-10H2,1-3H3. The molecule has 17 heavy (non-hydrogen) atoms. The van der Waals surface area contributed by atoms with Crippen LogP contribution < -0.4 is 5.32 Å². The number of rotatable bonds is 5. The molecule has 2 nitrogen and oxygen atoms in total. The fraction of sp³-hybridized carbons (Fsp3) is 0.600. The van der Waals surface area contributed by atoms with Crippen LogP contribution in [0.2, 0.25) is 0 Å². The van der Waals surface area contributed by atoms with Crippen LogP contribution in [0.5, 0.6) is 0 Å². The Kier molecular flexibility index (Phi) is 3.55. The molecule has 0 bridgehead atoms. The van der Waals surface area contributed by atoms with E-state index in [1.54, 1.807) is 0 Å². The van der Waals surface area contributed by atoms with E-state index in [-0.39, 0.29) is 0 Å². The van der Waals surface area contributed by atoms with Crippen molar-refractivity contribution in [2.45, 2.75) is 51.7 Å². The van der Waals surface area contributed by atoms with Crippen LogP contribution in [0.4, 0.5) is 0 Å². The van der Waals surface area contributed by atoms with E-state index in [0.29, 0.717) is 12.6 Å². The van der Waals surface area contributed by atoms with Gasteiger partial charge in [0.1, 0.15) is 0 Å². The second-order valence-electron chi connectivity index (χ2n) is 5.70. The molecule has 2 rings (SSSR count). The van der Waals surface area contributed by atoms with Crippen molar-refractivity contribution in [1.82, 2.24) is 5.32 Å². The van der Waals surface area contributed by atoms with Crippen LogP contribution in [-0.4, -0.2) is 23.3 Å². The quantitative estimate of drug-likeness (QED) is 0.818. The maximum absolute atomic E-state index is 10.4. The molecule has 1 aromatic rings. The van der Waals surface area contributed by atoms with Crippen LogP contribution in [0.3, 0.4) is 0 Å². The Morgan fingerprint density at radius 1 is 1.29 bits per heavy atom. The molecule has 1 aliphatic rings. The fourth-order valence-electron chi connectivity index (χ4n) is 2.22. The summed E-state index contributed by atoms with van der Waals surface area (Å²) in [5, 5.41) is 13.8. The first kappa shape index (κ1) is 12.6. The smallest absolute Gasteiger partial charge is 0.0783 e. The topological polar surface area (TPSA) is 32.3 Å². The minimum atomic E-state index is -0.653. The van der Waals surface area contributed by atoms with E-state index in [0.717, 1.165) is 6.42 Å². The van der Waals surface area contributed by atoms with Crippen LogP contribution in [0.15, 0.2) is 18.2 Å². The third kappa shape index (κ3) is 3.55. The van der Waals surface area contributed by atoms with Crippen molar-refractivity contribution < 1.29 is 5.11 Å². The van der Waals surface area contributed by atoms with Crippen LogP contribution in [0.1, 0.15) is 36.5 Å². The maximum Gasteiger partial charge on any atom is 0.0783 e. The van der Waals surface area contributed by atoms with Gasteiger partial charge < -0.3 is 10.4 Å². The number of aryl methyl sites for hydroxylation is 2. The van der Waals surface area contributed by atoms with E-state index in [1.165, 1.54) is 29.5 Å². The van der Waals surface area contributed by atoms with Crippen molar-refractivity contribution in [1.29, 1.82) is 0 Å². The lowest BCUT2D eigenvalue weighted by atomic mass is 9.90. The van der Waals surface area contributed by atoms with E-state index in [1.807, 2.05) is 6.92 Å². The summed E-state index contributed by atoms with van der Waals surface area (Å²) in [6.45, 7) is 6.85. The highest BCUT2D eigenvalue weighted by molar-refractivity contribution is 5.34. The third-order valence-electron chi connectivity index (χ3n) is 3.55. The molecule has 2 heteroatoms. The first-order chi connectivity index (χ1) is 7.98. The monoisotopic (exact) mass is 233 g/mol. The van der Waals surface area contributed by atoms with Crippen molar-refractivity contribution in [2.75, 3.05) is 6.54 Å². The summed E-state index contributed by atoms with van der Waals surface area (Å²) in [5.41, 5.74) is 3.18. The normalized spacial score (nSPS) is 19.1. The van der Waals surface area contributed by atoms with Crippen LogP contribution in [-0.2, 0) is 6.42 Å². The minimum Gasteiger partial charge on any atom is -0.389 e. The molecular formula is C15H23NO. The molecule has 0 heterocycles. The summed E-state index contributed by atoms with van der Waals surface area (Å²) >= 11 is 0. The van der Waals surface area contributed by atoms with Gasteiger partial charge in [-0.05, 0) is 50.3 Å². The van der Waals surface area contributed by atoms with E-state index in [2.05, 4.69) is 37.4 Å². The van der Waals surface area contributed by atoms with Crippen molar-refractivity contribution in [3.8, 4) is 0 Å². The summed E-state index contributed by atoms with van der Waals surface area (Å²) in [6, 6.07) is 6.96. The van der Waals surface area contributed by atoms with Gasteiger partial charge in [0.15, 0.2) is 0 Å². The number of hydrogen-bond donors (Lipinski definition) is 2. The fourth-order valence-corrected chi connectivity index (χ4v) is 2.22. The second kappa shape index (κ2) is 4.79. The highest BCUT2D eigenvalue weighted by Crippen LogP contribution is 2.22. The Hall–Kier alpha value is -0.860. The summed E-state index contributed by atoms with van der Waals surface area (Å²) < 4.78 is 0. The summed E-state index contributed by atoms with van der Waals surface area (Å²) in [4.78, 5) is 0. The lowest BCUT2D eigenvalue weighted by Gasteiger charge is -2.25. The molecule has 2 N–H and O–H groups in total. The van der Waals surface area contributed by atoms with Crippen LogP contribution in [0, 0.1) is 13.8 Å². The number of nitrogens with one attached hydrogen (secondary N) is 1. The van der Waals surface area contributed by atoms with Crippen LogP contribution in [0.25, 0.3) is 0 Å². The van der Waals surface area contributed by atoms with Gasteiger partial charge in [0.2, 0.25) is 0 Å².